The van der Waals surface area contributed by atoms with E-state index in [1.165, 1.54) is 11.3 Å². The second-order valence-corrected chi connectivity index (χ2v) is 7.38. The van der Waals surface area contributed by atoms with E-state index in [0.717, 1.165) is 0 Å². The summed E-state index contributed by atoms with van der Waals surface area (Å²) in [5, 5.41) is 8.14. The van der Waals surface area contributed by atoms with Crippen LogP contribution in [0.2, 0.25) is 0 Å². The summed E-state index contributed by atoms with van der Waals surface area (Å²) in [6.45, 7) is 5.46. The van der Waals surface area contributed by atoms with Gasteiger partial charge in [-0.3, -0.25) is 19.7 Å². The van der Waals surface area contributed by atoms with Crippen LogP contribution in [0.25, 0.3) is 0 Å². The van der Waals surface area contributed by atoms with Crippen molar-refractivity contribution in [1.82, 2.24) is 5.16 Å². The number of nitrogens with one attached hydrogen (secondary N) is 1. The molecule has 7 nitrogen and oxygen atoms in total. The average molecular weight is 364 g/mol. The topological polar surface area (TPSA) is 98.5 Å². The van der Waals surface area contributed by atoms with Gasteiger partial charge in [-0.25, -0.2) is 0 Å². The van der Waals surface area contributed by atoms with Crippen molar-refractivity contribution in [1.29, 1.82) is 0 Å². The van der Waals surface area contributed by atoms with Gasteiger partial charge in [0, 0.05) is 17.9 Å². The molecule has 0 aromatic carbocycles. The zero-order valence-corrected chi connectivity index (χ0v) is 15.1. The number of Topliss-reactive ketones (excluding diaryl/α,β-unsaturated/α-hetero) is 1. The van der Waals surface area contributed by atoms with Crippen LogP contribution in [0.1, 0.15) is 49.0 Å². The van der Waals surface area contributed by atoms with Gasteiger partial charge in [-0.2, -0.15) is 0 Å². The van der Waals surface area contributed by atoms with E-state index in [2.05, 4.69) is 10.5 Å². The van der Waals surface area contributed by atoms with Gasteiger partial charge in [-0.05, 0) is 11.4 Å². The number of hydrogen-bond acceptors (Lipinski definition) is 7. The number of aromatic nitrogens is 1. The number of ether oxygens (including phenoxy) is 1. The van der Waals surface area contributed by atoms with Crippen molar-refractivity contribution in [3.05, 3.63) is 34.2 Å². The lowest BCUT2D eigenvalue weighted by atomic mass is 9.92. The number of thiophene rings is 1. The van der Waals surface area contributed by atoms with E-state index in [0.29, 0.717) is 10.6 Å². The number of esters is 1. The third-order valence-electron chi connectivity index (χ3n) is 3.26. The van der Waals surface area contributed by atoms with Crippen LogP contribution in [-0.4, -0.2) is 29.4 Å². The first-order chi connectivity index (χ1) is 11.8. The Kier molecular flexibility index (Phi) is 6.08. The van der Waals surface area contributed by atoms with Crippen LogP contribution in [0.5, 0.6) is 0 Å². The lowest BCUT2D eigenvalue weighted by Gasteiger charge is -2.12. The van der Waals surface area contributed by atoms with Crippen molar-refractivity contribution in [3.63, 3.8) is 0 Å². The van der Waals surface area contributed by atoms with Gasteiger partial charge in [0.25, 0.3) is 5.91 Å². The Labute approximate surface area is 149 Å². The van der Waals surface area contributed by atoms with Gasteiger partial charge in [0.05, 0.1) is 17.0 Å². The van der Waals surface area contributed by atoms with Gasteiger partial charge in [0.15, 0.2) is 12.4 Å². The molecule has 0 spiro atoms. The third kappa shape index (κ3) is 5.82. The summed E-state index contributed by atoms with van der Waals surface area (Å²) in [6.07, 6.45) is -0.0154. The number of hydrogen-bond donors (Lipinski definition) is 1. The zero-order chi connectivity index (χ0) is 18.4. The maximum atomic E-state index is 11.8. The molecule has 0 atom stereocenters. The van der Waals surface area contributed by atoms with Crippen LogP contribution in [0, 0.1) is 0 Å². The van der Waals surface area contributed by atoms with E-state index in [9.17, 15) is 14.4 Å². The van der Waals surface area contributed by atoms with Crippen molar-refractivity contribution < 1.29 is 23.6 Å². The number of anilines is 1. The van der Waals surface area contributed by atoms with E-state index in [-0.39, 0.29) is 29.9 Å². The molecule has 134 valence electrons. The summed E-state index contributed by atoms with van der Waals surface area (Å²) in [4.78, 5) is 35.8. The van der Waals surface area contributed by atoms with Crippen LogP contribution >= 0.6 is 11.3 Å². The highest BCUT2D eigenvalue weighted by molar-refractivity contribution is 7.12. The minimum atomic E-state index is -0.604. The van der Waals surface area contributed by atoms with E-state index in [4.69, 9.17) is 9.26 Å². The van der Waals surface area contributed by atoms with Crippen molar-refractivity contribution in [2.45, 2.75) is 39.0 Å². The third-order valence-corrected chi connectivity index (χ3v) is 4.17. The molecule has 0 aliphatic rings. The monoisotopic (exact) mass is 364 g/mol. The predicted molar refractivity (Wildman–Crippen MR) is 92.7 cm³/mol. The molecule has 0 unspecified atom stereocenters. The predicted octanol–water partition coefficient (Wildman–Crippen LogP) is 3.18. The molecule has 2 aromatic heterocycles. The van der Waals surface area contributed by atoms with Gasteiger partial charge in [0.1, 0.15) is 0 Å². The smallest absolute Gasteiger partial charge is 0.306 e. The van der Waals surface area contributed by atoms with Gasteiger partial charge >= 0.3 is 5.97 Å². The first-order valence-electron chi connectivity index (χ1n) is 7.75. The van der Waals surface area contributed by atoms with E-state index in [1.807, 2.05) is 20.8 Å². The van der Waals surface area contributed by atoms with Crippen molar-refractivity contribution in [2.75, 3.05) is 11.9 Å². The summed E-state index contributed by atoms with van der Waals surface area (Å²) >= 11 is 1.32. The average Bonchev–Trinajstić information content (AvgIpc) is 3.21. The molecule has 1 amide bonds. The normalized spacial score (nSPS) is 11.2. The number of carbonyl (C=O) groups excluding carboxylic acids is 3. The Morgan fingerprint density at radius 3 is 2.64 bits per heavy atom. The molecular formula is C17H20N2O5S. The van der Waals surface area contributed by atoms with Gasteiger partial charge in [-0.1, -0.05) is 32.0 Å². The summed E-state index contributed by atoms with van der Waals surface area (Å²) < 4.78 is 9.88. The molecule has 0 bridgehead atoms. The standard InChI is InChI=1S/C17H20N2O5S/c1-17(2,3)13-9-15(24-19-13)18-14(21)10-23-16(22)7-6-11(20)12-5-4-8-25-12/h4-5,8-9H,6-7,10H2,1-3H3,(H,18,21). The maximum Gasteiger partial charge on any atom is 0.306 e. The fourth-order valence-electron chi connectivity index (χ4n) is 1.86. The SMILES string of the molecule is CC(C)(C)c1cc(NC(=O)COC(=O)CCC(=O)c2cccs2)on1. The molecule has 8 heteroatoms. The Morgan fingerprint density at radius 2 is 2.04 bits per heavy atom. The number of carbonyl (C=O) groups is 3. The Bertz CT molecular complexity index is 743. The molecule has 0 fully saturated rings. The summed E-state index contributed by atoms with van der Waals surface area (Å²) in [5.41, 5.74) is 0.500. The molecule has 0 saturated carbocycles. The quantitative estimate of drug-likeness (QED) is 0.598. The van der Waals surface area contributed by atoms with Crippen LogP contribution in [0.15, 0.2) is 28.1 Å². The fourth-order valence-corrected chi connectivity index (χ4v) is 2.55. The first-order valence-corrected chi connectivity index (χ1v) is 8.63. The molecule has 2 rings (SSSR count). The van der Waals surface area contributed by atoms with Gasteiger partial charge in [0.2, 0.25) is 5.88 Å². The van der Waals surface area contributed by atoms with E-state index < -0.39 is 18.5 Å². The highest BCUT2D eigenvalue weighted by Crippen LogP contribution is 2.23. The molecule has 1 N–H and O–H groups in total. The largest absolute Gasteiger partial charge is 0.456 e. The number of nitrogens with zero attached hydrogens (tertiary/aromatic N) is 1. The first kappa shape index (κ1) is 18.9. The minimum Gasteiger partial charge on any atom is -0.456 e. The molecule has 2 heterocycles. The van der Waals surface area contributed by atoms with Crippen LogP contribution in [0.3, 0.4) is 0 Å². The highest BCUT2D eigenvalue weighted by atomic mass is 32.1. The highest BCUT2D eigenvalue weighted by Gasteiger charge is 2.20. The molecule has 0 radical (unpaired) electrons. The Morgan fingerprint density at radius 1 is 1.28 bits per heavy atom. The lowest BCUT2D eigenvalue weighted by Crippen LogP contribution is -2.21. The fraction of sp³-hybridized carbons (Fsp3) is 0.412. The summed E-state index contributed by atoms with van der Waals surface area (Å²) in [7, 11) is 0. The molecular weight excluding hydrogens is 344 g/mol. The molecule has 0 saturated heterocycles. The van der Waals surface area contributed by atoms with Crippen LogP contribution < -0.4 is 5.32 Å². The van der Waals surface area contributed by atoms with E-state index in [1.54, 1.807) is 23.6 Å². The molecule has 0 aliphatic heterocycles. The Balaban J connectivity index is 1.71. The minimum absolute atomic E-state index is 0.0536. The van der Waals surface area contributed by atoms with Crippen molar-refractivity contribution in [2.24, 2.45) is 0 Å². The number of amides is 1. The van der Waals surface area contributed by atoms with Gasteiger partial charge in [-0.15, -0.1) is 11.3 Å². The second kappa shape index (κ2) is 8.06. The number of ketones is 1. The van der Waals surface area contributed by atoms with Crippen molar-refractivity contribution in [3.8, 4) is 0 Å². The maximum absolute atomic E-state index is 11.8. The van der Waals surface area contributed by atoms with Crippen LogP contribution in [-0.2, 0) is 19.7 Å². The Hall–Kier alpha value is -2.48. The van der Waals surface area contributed by atoms with E-state index >= 15 is 0 Å². The zero-order valence-electron chi connectivity index (χ0n) is 14.3. The summed E-state index contributed by atoms with van der Waals surface area (Å²) in [5.74, 6) is -1.06. The molecule has 0 aliphatic carbocycles. The number of rotatable bonds is 7. The second-order valence-electron chi connectivity index (χ2n) is 6.44. The van der Waals surface area contributed by atoms with Gasteiger partial charge < -0.3 is 9.26 Å². The van der Waals surface area contributed by atoms with Crippen molar-refractivity contribution >= 4 is 34.9 Å². The van der Waals surface area contributed by atoms with Crippen LogP contribution in [0.4, 0.5) is 5.88 Å². The lowest BCUT2D eigenvalue weighted by molar-refractivity contribution is -0.147. The molecule has 25 heavy (non-hydrogen) atoms. The summed E-state index contributed by atoms with van der Waals surface area (Å²) in [6, 6.07) is 5.10. The molecule has 2 aromatic rings.